The number of rotatable bonds is 3. The van der Waals surface area contributed by atoms with E-state index in [1.54, 1.807) is 12.1 Å². The molecular formula is C14H12FN3O2S. The van der Waals surface area contributed by atoms with Crippen LogP contribution in [-0.4, -0.2) is 29.4 Å². The molecule has 0 aliphatic carbocycles. The highest BCUT2D eigenvalue weighted by Crippen LogP contribution is 2.25. The lowest BCUT2D eigenvalue weighted by molar-refractivity contribution is -0.120. The largest absolute Gasteiger partial charge is 0.354 e. The maximum atomic E-state index is 13.2. The number of hydrogen-bond acceptors (Lipinski definition) is 4. The highest BCUT2D eigenvalue weighted by Gasteiger charge is 2.26. The molecule has 1 fully saturated rings. The van der Waals surface area contributed by atoms with E-state index in [4.69, 9.17) is 0 Å². The molecule has 21 heavy (non-hydrogen) atoms. The molecule has 0 spiro atoms. The van der Waals surface area contributed by atoms with Gasteiger partial charge in [-0.1, -0.05) is 12.1 Å². The van der Waals surface area contributed by atoms with Gasteiger partial charge in [-0.05, 0) is 18.6 Å². The summed E-state index contributed by atoms with van der Waals surface area (Å²) in [5.74, 6) is -0.855. The number of nitrogens with one attached hydrogen (secondary N) is 2. The molecule has 1 aromatic carbocycles. The van der Waals surface area contributed by atoms with E-state index >= 15 is 0 Å². The van der Waals surface area contributed by atoms with E-state index in [-0.39, 0.29) is 17.6 Å². The Morgan fingerprint density at radius 2 is 2.33 bits per heavy atom. The van der Waals surface area contributed by atoms with E-state index in [2.05, 4.69) is 15.6 Å². The third kappa shape index (κ3) is 2.92. The SMILES string of the molecule is O=C(NC1CCNC1=O)c1cnc(-c2cccc(F)c2)s1. The Labute approximate surface area is 124 Å². The van der Waals surface area contributed by atoms with Crippen LogP contribution in [0, 0.1) is 5.82 Å². The summed E-state index contributed by atoms with van der Waals surface area (Å²) in [6, 6.07) is 5.55. The van der Waals surface area contributed by atoms with Gasteiger partial charge < -0.3 is 10.6 Å². The summed E-state index contributed by atoms with van der Waals surface area (Å²) in [5, 5.41) is 5.89. The Kier molecular flexibility index (Phi) is 3.66. The van der Waals surface area contributed by atoms with Crippen molar-refractivity contribution < 1.29 is 14.0 Å². The molecule has 1 saturated heterocycles. The second kappa shape index (κ2) is 5.61. The Balaban J connectivity index is 1.75. The van der Waals surface area contributed by atoms with Crippen molar-refractivity contribution in [2.24, 2.45) is 0 Å². The quantitative estimate of drug-likeness (QED) is 0.904. The van der Waals surface area contributed by atoms with Gasteiger partial charge in [0.2, 0.25) is 5.91 Å². The molecule has 0 saturated carbocycles. The average molecular weight is 305 g/mol. The fourth-order valence-corrected chi connectivity index (χ4v) is 2.91. The zero-order valence-electron chi connectivity index (χ0n) is 10.9. The molecule has 0 radical (unpaired) electrons. The number of carbonyl (C=O) groups excluding carboxylic acids is 2. The van der Waals surface area contributed by atoms with Gasteiger partial charge in [0.1, 0.15) is 21.7 Å². The summed E-state index contributed by atoms with van der Waals surface area (Å²) in [5.41, 5.74) is 0.623. The molecule has 7 heteroatoms. The first-order valence-corrected chi connectivity index (χ1v) is 7.25. The molecule has 1 atom stereocenters. The minimum Gasteiger partial charge on any atom is -0.354 e. The monoisotopic (exact) mass is 305 g/mol. The molecule has 108 valence electrons. The lowest BCUT2D eigenvalue weighted by Crippen LogP contribution is -2.39. The topological polar surface area (TPSA) is 71.1 Å². The van der Waals surface area contributed by atoms with Crippen LogP contribution in [0.25, 0.3) is 10.6 Å². The van der Waals surface area contributed by atoms with Gasteiger partial charge in [-0.2, -0.15) is 0 Å². The molecule has 2 N–H and O–H groups in total. The summed E-state index contributed by atoms with van der Waals surface area (Å²) in [4.78, 5) is 28.0. The molecule has 1 aromatic heterocycles. The fraction of sp³-hybridized carbons (Fsp3) is 0.214. The van der Waals surface area contributed by atoms with Gasteiger partial charge in [0.25, 0.3) is 5.91 Å². The zero-order chi connectivity index (χ0) is 14.8. The number of halogens is 1. The summed E-state index contributed by atoms with van der Waals surface area (Å²) >= 11 is 1.17. The first-order valence-electron chi connectivity index (χ1n) is 6.44. The van der Waals surface area contributed by atoms with Crippen LogP contribution in [0.2, 0.25) is 0 Å². The fourth-order valence-electron chi connectivity index (χ4n) is 2.10. The lowest BCUT2D eigenvalue weighted by atomic mass is 10.2. The molecule has 1 aliphatic rings. The average Bonchev–Trinajstić information content (AvgIpc) is 3.09. The lowest BCUT2D eigenvalue weighted by Gasteiger charge is -2.07. The van der Waals surface area contributed by atoms with Crippen LogP contribution < -0.4 is 10.6 Å². The first-order chi connectivity index (χ1) is 10.1. The van der Waals surface area contributed by atoms with Crippen molar-refractivity contribution in [3.8, 4) is 10.6 Å². The standard InChI is InChI=1S/C14H12FN3O2S/c15-9-3-1-2-8(6-9)14-17-7-11(21-14)13(20)18-10-4-5-16-12(10)19/h1-3,6-7,10H,4-5H2,(H,16,19)(H,18,20). The van der Waals surface area contributed by atoms with Gasteiger partial charge in [0.05, 0.1) is 6.20 Å². The normalized spacial score (nSPS) is 17.6. The third-order valence-electron chi connectivity index (χ3n) is 3.16. The molecular weight excluding hydrogens is 293 g/mol. The highest BCUT2D eigenvalue weighted by molar-refractivity contribution is 7.16. The Morgan fingerprint density at radius 3 is 3.05 bits per heavy atom. The van der Waals surface area contributed by atoms with E-state index < -0.39 is 6.04 Å². The maximum Gasteiger partial charge on any atom is 0.263 e. The molecule has 2 amide bonds. The number of nitrogens with zero attached hydrogens (tertiary/aromatic N) is 1. The van der Waals surface area contributed by atoms with Crippen LogP contribution in [0.1, 0.15) is 16.1 Å². The highest BCUT2D eigenvalue weighted by atomic mass is 32.1. The number of benzene rings is 1. The van der Waals surface area contributed by atoms with Gasteiger partial charge in [-0.3, -0.25) is 9.59 Å². The molecule has 5 nitrogen and oxygen atoms in total. The van der Waals surface area contributed by atoms with E-state index in [0.29, 0.717) is 28.4 Å². The molecule has 1 aliphatic heterocycles. The van der Waals surface area contributed by atoms with Crippen molar-refractivity contribution in [2.45, 2.75) is 12.5 Å². The van der Waals surface area contributed by atoms with Crippen molar-refractivity contribution >= 4 is 23.2 Å². The molecule has 2 aromatic rings. The Hall–Kier alpha value is -2.28. The smallest absolute Gasteiger partial charge is 0.263 e. The van der Waals surface area contributed by atoms with Crippen molar-refractivity contribution in [2.75, 3.05) is 6.54 Å². The van der Waals surface area contributed by atoms with Gasteiger partial charge >= 0.3 is 0 Å². The van der Waals surface area contributed by atoms with Gasteiger partial charge in [-0.25, -0.2) is 9.37 Å². The predicted octanol–water partition coefficient (Wildman–Crippen LogP) is 1.57. The number of amides is 2. The van der Waals surface area contributed by atoms with E-state index in [1.165, 1.54) is 29.7 Å². The van der Waals surface area contributed by atoms with Crippen LogP contribution in [0.15, 0.2) is 30.5 Å². The number of carbonyl (C=O) groups is 2. The van der Waals surface area contributed by atoms with Crippen molar-refractivity contribution in [1.82, 2.24) is 15.6 Å². The van der Waals surface area contributed by atoms with Gasteiger partial charge in [-0.15, -0.1) is 11.3 Å². The van der Waals surface area contributed by atoms with Crippen LogP contribution >= 0.6 is 11.3 Å². The van der Waals surface area contributed by atoms with E-state index in [0.717, 1.165) is 0 Å². The van der Waals surface area contributed by atoms with Crippen molar-refractivity contribution in [1.29, 1.82) is 0 Å². The number of thiazole rings is 1. The van der Waals surface area contributed by atoms with Crippen molar-refractivity contribution in [3.63, 3.8) is 0 Å². The predicted molar refractivity (Wildman–Crippen MR) is 76.4 cm³/mol. The summed E-state index contributed by atoms with van der Waals surface area (Å²) in [6.45, 7) is 0.570. The summed E-state index contributed by atoms with van der Waals surface area (Å²) < 4.78 is 13.2. The van der Waals surface area contributed by atoms with E-state index in [9.17, 15) is 14.0 Å². The van der Waals surface area contributed by atoms with Crippen molar-refractivity contribution in [3.05, 3.63) is 41.2 Å². The first kappa shape index (κ1) is 13.7. The minimum absolute atomic E-state index is 0.168. The van der Waals surface area contributed by atoms with E-state index in [1.807, 2.05) is 0 Å². The van der Waals surface area contributed by atoms with Crippen LogP contribution in [0.5, 0.6) is 0 Å². The second-order valence-electron chi connectivity index (χ2n) is 4.65. The summed E-state index contributed by atoms with van der Waals surface area (Å²) in [6.07, 6.45) is 2.02. The number of hydrogen-bond donors (Lipinski definition) is 2. The maximum absolute atomic E-state index is 13.2. The molecule has 3 rings (SSSR count). The van der Waals surface area contributed by atoms with Crippen LogP contribution in [-0.2, 0) is 4.79 Å². The minimum atomic E-state index is -0.489. The van der Waals surface area contributed by atoms with Crippen LogP contribution in [0.3, 0.4) is 0 Å². The Bertz CT molecular complexity index is 701. The van der Waals surface area contributed by atoms with Gasteiger partial charge in [0, 0.05) is 12.1 Å². The third-order valence-corrected chi connectivity index (χ3v) is 4.20. The summed E-state index contributed by atoms with van der Waals surface area (Å²) in [7, 11) is 0. The zero-order valence-corrected chi connectivity index (χ0v) is 11.7. The molecule has 0 bridgehead atoms. The molecule has 2 heterocycles. The van der Waals surface area contributed by atoms with Gasteiger partial charge in [0.15, 0.2) is 0 Å². The number of aromatic nitrogens is 1. The second-order valence-corrected chi connectivity index (χ2v) is 5.68. The molecule has 1 unspecified atom stereocenters. The van der Waals surface area contributed by atoms with Crippen LogP contribution in [0.4, 0.5) is 4.39 Å². The Morgan fingerprint density at radius 1 is 1.48 bits per heavy atom.